The summed E-state index contributed by atoms with van der Waals surface area (Å²) in [5.41, 5.74) is 3.93. The third kappa shape index (κ3) is 4.02. The van der Waals surface area contributed by atoms with Crippen LogP contribution in [0, 0.1) is 20.8 Å². The zero-order valence-corrected chi connectivity index (χ0v) is 15.4. The molecule has 0 saturated heterocycles. The van der Waals surface area contributed by atoms with Crippen LogP contribution >= 0.6 is 0 Å². The van der Waals surface area contributed by atoms with Gasteiger partial charge >= 0.3 is 0 Å². The third-order valence-corrected chi connectivity index (χ3v) is 4.22. The van der Waals surface area contributed by atoms with Crippen molar-refractivity contribution in [3.63, 3.8) is 0 Å². The first-order valence-electron chi connectivity index (χ1n) is 8.11. The number of methoxy groups -OCH3 is 2. The van der Waals surface area contributed by atoms with E-state index in [1.165, 1.54) is 6.07 Å². The summed E-state index contributed by atoms with van der Waals surface area (Å²) in [6.07, 6.45) is 3.81. The van der Waals surface area contributed by atoms with Crippen LogP contribution in [0.1, 0.15) is 22.3 Å². The largest absolute Gasteiger partial charge is 0.496 e. The molecule has 0 bridgehead atoms. The van der Waals surface area contributed by atoms with E-state index >= 15 is 0 Å². The van der Waals surface area contributed by atoms with E-state index in [0.29, 0.717) is 5.75 Å². The van der Waals surface area contributed by atoms with Crippen LogP contribution in [-0.2, 0) is 0 Å². The van der Waals surface area contributed by atoms with Crippen LogP contribution in [0.5, 0.6) is 17.2 Å². The minimum absolute atomic E-state index is 0.139. The average molecular weight is 340 g/mol. The predicted molar refractivity (Wildman–Crippen MR) is 101 cm³/mol. The predicted octanol–water partition coefficient (Wildman–Crippen LogP) is 4.08. The molecular weight excluding hydrogens is 316 g/mol. The molecule has 2 rings (SSSR count). The van der Waals surface area contributed by atoms with E-state index in [2.05, 4.69) is 0 Å². The maximum absolute atomic E-state index is 11.8. The quantitative estimate of drug-likeness (QED) is 0.795. The van der Waals surface area contributed by atoms with E-state index in [4.69, 9.17) is 14.2 Å². The van der Waals surface area contributed by atoms with Gasteiger partial charge in [-0.2, -0.15) is 0 Å². The van der Waals surface area contributed by atoms with Crippen molar-refractivity contribution in [1.82, 2.24) is 0 Å². The molecular formula is C21H24O4. The van der Waals surface area contributed by atoms with Crippen molar-refractivity contribution in [3.05, 3.63) is 68.9 Å². The van der Waals surface area contributed by atoms with Gasteiger partial charge in [-0.05, 0) is 50.1 Å². The first-order valence-corrected chi connectivity index (χ1v) is 8.11. The summed E-state index contributed by atoms with van der Waals surface area (Å²) < 4.78 is 16.7. The van der Waals surface area contributed by atoms with Gasteiger partial charge in [0.25, 0.3) is 0 Å². The van der Waals surface area contributed by atoms with Crippen LogP contribution in [0.25, 0.3) is 6.08 Å². The standard InChI is InChI=1S/C21H24O4/c1-14-15(2)21(24-5)17(16(3)20(14)23-4)10-9-13-25-19-12-8-6-7-11-18(19)22/h6-12H,13H2,1-5H3/b10-9+. The fourth-order valence-electron chi connectivity index (χ4n) is 2.82. The number of hydrogen-bond donors (Lipinski definition) is 0. The fourth-order valence-corrected chi connectivity index (χ4v) is 2.82. The molecule has 132 valence electrons. The van der Waals surface area contributed by atoms with Gasteiger partial charge < -0.3 is 14.2 Å². The van der Waals surface area contributed by atoms with Crippen molar-refractivity contribution in [2.24, 2.45) is 0 Å². The van der Waals surface area contributed by atoms with Crippen molar-refractivity contribution in [3.8, 4) is 17.2 Å². The molecule has 0 saturated carbocycles. The minimum Gasteiger partial charge on any atom is -0.496 e. The second-order valence-corrected chi connectivity index (χ2v) is 5.71. The normalized spacial score (nSPS) is 10.8. The van der Waals surface area contributed by atoms with Crippen molar-refractivity contribution in [1.29, 1.82) is 0 Å². The molecule has 2 aromatic carbocycles. The monoisotopic (exact) mass is 340 g/mol. The molecule has 0 aliphatic heterocycles. The molecule has 0 aromatic heterocycles. The van der Waals surface area contributed by atoms with Gasteiger partial charge in [0.2, 0.25) is 5.43 Å². The molecule has 0 unspecified atom stereocenters. The zero-order chi connectivity index (χ0) is 18.4. The summed E-state index contributed by atoms with van der Waals surface area (Å²) in [5, 5.41) is 0. The Morgan fingerprint density at radius 1 is 0.880 bits per heavy atom. The van der Waals surface area contributed by atoms with Crippen molar-refractivity contribution in [2.75, 3.05) is 20.8 Å². The Balaban J connectivity index is 2.28. The van der Waals surface area contributed by atoms with E-state index in [1.54, 1.807) is 38.5 Å². The molecule has 0 N–H and O–H groups in total. The molecule has 0 aliphatic carbocycles. The van der Waals surface area contributed by atoms with E-state index in [0.717, 1.165) is 33.8 Å². The topological polar surface area (TPSA) is 44.8 Å². The summed E-state index contributed by atoms with van der Waals surface area (Å²) in [5.74, 6) is 2.01. The summed E-state index contributed by atoms with van der Waals surface area (Å²) in [7, 11) is 3.33. The Morgan fingerprint density at radius 2 is 1.52 bits per heavy atom. The van der Waals surface area contributed by atoms with Gasteiger partial charge in [-0.15, -0.1) is 0 Å². The molecule has 2 aromatic rings. The zero-order valence-electron chi connectivity index (χ0n) is 15.4. The van der Waals surface area contributed by atoms with E-state index in [-0.39, 0.29) is 12.0 Å². The summed E-state index contributed by atoms with van der Waals surface area (Å²) in [6.45, 7) is 6.32. The number of rotatable bonds is 6. The lowest BCUT2D eigenvalue weighted by molar-refractivity contribution is 0.360. The SMILES string of the molecule is COc1c(C)c(C)c(OC)c(/C=C/COc2cccccc2=O)c1C. The Labute approximate surface area is 148 Å². The maximum Gasteiger partial charge on any atom is 0.220 e. The molecule has 25 heavy (non-hydrogen) atoms. The molecule has 0 radical (unpaired) electrons. The van der Waals surface area contributed by atoms with E-state index in [1.807, 2.05) is 32.9 Å². The first kappa shape index (κ1) is 18.6. The van der Waals surface area contributed by atoms with Crippen molar-refractivity contribution < 1.29 is 14.2 Å². The van der Waals surface area contributed by atoms with Crippen molar-refractivity contribution in [2.45, 2.75) is 20.8 Å². The number of ether oxygens (including phenoxy) is 3. The van der Waals surface area contributed by atoms with Crippen LogP contribution in [0.2, 0.25) is 0 Å². The van der Waals surface area contributed by atoms with Gasteiger partial charge in [0.15, 0.2) is 5.75 Å². The molecule has 0 amide bonds. The van der Waals surface area contributed by atoms with Crippen LogP contribution in [0.15, 0.2) is 41.2 Å². The Bertz CT molecular complexity index is 838. The van der Waals surface area contributed by atoms with Gasteiger partial charge in [-0.25, -0.2) is 0 Å². The highest BCUT2D eigenvalue weighted by Crippen LogP contribution is 2.38. The lowest BCUT2D eigenvalue weighted by atomic mass is 9.97. The summed E-state index contributed by atoms with van der Waals surface area (Å²) in [4.78, 5) is 11.8. The highest BCUT2D eigenvalue weighted by atomic mass is 16.5. The molecule has 0 fully saturated rings. The lowest BCUT2D eigenvalue weighted by Crippen LogP contribution is -2.04. The van der Waals surface area contributed by atoms with Crippen LogP contribution in [-0.4, -0.2) is 20.8 Å². The maximum atomic E-state index is 11.8. The van der Waals surface area contributed by atoms with E-state index in [9.17, 15) is 4.79 Å². The lowest BCUT2D eigenvalue weighted by Gasteiger charge is -2.18. The van der Waals surface area contributed by atoms with Gasteiger partial charge in [0.1, 0.15) is 18.1 Å². The molecule has 4 nitrogen and oxygen atoms in total. The number of benzene rings is 1. The van der Waals surface area contributed by atoms with Crippen LogP contribution < -0.4 is 19.6 Å². The van der Waals surface area contributed by atoms with E-state index < -0.39 is 0 Å². The molecule has 0 heterocycles. The number of hydrogen-bond acceptors (Lipinski definition) is 4. The summed E-state index contributed by atoms with van der Waals surface area (Å²) >= 11 is 0. The molecule has 0 aliphatic rings. The van der Waals surface area contributed by atoms with Crippen molar-refractivity contribution >= 4 is 6.08 Å². The smallest absolute Gasteiger partial charge is 0.220 e. The Hall–Kier alpha value is -2.75. The minimum atomic E-state index is -0.139. The second kappa shape index (κ2) is 8.38. The van der Waals surface area contributed by atoms with Gasteiger partial charge in [0.05, 0.1) is 14.2 Å². The molecule has 4 heteroatoms. The molecule has 0 spiro atoms. The summed E-state index contributed by atoms with van der Waals surface area (Å²) in [6, 6.07) is 8.42. The third-order valence-electron chi connectivity index (χ3n) is 4.22. The second-order valence-electron chi connectivity index (χ2n) is 5.71. The fraction of sp³-hybridized carbons (Fsp3) is 0.286. The van der Waals surface area contributed by atoms with Gasteiger partial charge in [-0.1, -0.05) is 24.3 Å². The average Bonchev–Trinajstić information content (AvgIpc) is 2.81. The highest BCUT2D eigenvalue weighted by Gasteiger charge is 2.16. The van der Waals surface area contributed by atoms with Gasteiger partial charge in [0, 0.05) is 11.1 Å². The van der Waals surface area contributed by atoms with Gasteiger partial charge in [-0.3, -0.25) is 4.79 Å². The van der Waals surface area contributed by atoms with Crippen LogP contribution in [0.4, 0.5) is 0 Å². The first-order chi connectivity index (χ1) is 12.0. The Morgan fingerprint density at radius 3 is 2.20 bits per heavy atom. The Kier molecular flexibility index (Phi) is 6.23. The molecule has 0 atom stereocenters. The van der Waals surface area contributed by atoms with Crippen LogP contribution in [0.3, 0.4) is 0 Å². The highest BCUT2D eigenvalue weighted by molar-refractivity contribution is 5.69.